The third kappa shape index (κ3) is 2.86. The van der Waals surface area contributed by atoms with Crippen molar-refractivity contribution < 1.29 is 4.79 Å². The number of carbonyl (C=O) groups excluding carboxylic acids is 1. The van der Waals surface area contributed by atoms with E-state index < -0.39 is 5.54 Å². The number of carbonyl (C=O) groups is 1. The Morgan fingerprint density at radius 2 is 1.80 bits per heavy atom. The second-order valence-corrected chi connectivity index (χ2v) is 8.12. The van der Waals surface area contributed by atoms with Crippen LogP contribution in [0.4, 0.5) is 17.1 Å². The first-order chi connectivity index (χ1) is 14.1. The average Bonchev–Trinajstić information content (AvgIpc) is 2.86. The normalized spacial score (nSPS) is 15.7. The number of aromatic nitrogens is 2. The number of rotatable bonds is 2. The highest BCUT2D eigenvalue weighted by molar-refractivity contribution is 7.81. The van der Waals surface area contributed by atoms with Gasteiger partial charge >= 0.3 is 0 Å². The Morgan fingerprint density at radius 1 is 1.10 bits per heavy atom. The molecule has 8 heteroatoms. The van der Waals surface area contributed by atoms with Crippen LogP contribution in [0.5, 0.6) is 0 Å². The molecule has 30 heavy (non-hydrogen) atoms. The molecule has 3 aromatic rings. The maximum absolute atomic E-state index is 13.3. The van der Waals surface area contributed by atoms with Crippen LogP contribution in [0.15, 0.2) is 41.2 Å². The van der Waals surface area contributed by atoms with Crippen LogP contribution in [0.2, 0.25) is 0 Å². The number of fused-ring (bicyclic) bond motifs is 1. The minimum absolute atomic E-state index is 0.182. The van der Waals surface area contributed by atoms with Crippen LogP contribution >= 0.6 is 12.2 Å². The van der Waals surface area contributed by atoms with Gasteiger partial charge in [-0.25, -0.2) is 9.83 Å². The zero-order valence-electron chi connectivity index (χ0n) is 17.0. The summed E-state index contributed by atoms with van der Waals surface area (Å²) in [6.45, 7) is 14.4. The number of anilines is 2. The lowest BCUT2D eigenvalue weighted by molar-refractivity contribution is -0.120. The third-order valence-corrected chi connectivity index (χ3v) is 5.66. The Balaban J connectivity index is 1.83. The lowest BCUT2D eigenvalue weighted by Gasteiger charge is -2.29. The molecule has 1 fully saturated rings. The van der Waals surface area contributed by atoms with E-state index in [4.69, 9.17) is 18.8 Å². The molecular weight excluding hydrogens is 398 g/mol. The lowest BCUT2D eigenvalue weighted by atomic mass is 10.0. The van der Waals surface area contributed by atoms with Gasteiger partial charge in [-0.05, 0) is 75.8 Å². The van der Waals surface area contributed by atoms with E-state index in [0.717, 1.165) is 5.56 Å². The van der Waals surface area contributed by atoms with Crippen molar-refractivity contribution in [3.8, 4) is 0 Å². The Kier molecular flexibility index (Phi) is 4.44. The fourth-order valence-corrected chi connectivity index (χ4v) is 4.26. The summed E-state index contributed by atoms with van der Waals surface area (Å²) in [5.41, 5.74) is 1.94. The molecule has 0 unspecified atom stereocenters. The number of nitrogens with zero attached hydrogens (tertiary/aromatic N) is 4. The van der Waals surface area contributed by atoms with Crippen LogP contribution in [0.25, 0.3) is 15.7 Å². The van der Waals surface area contributed by atoms with Gasteiger partial charge in [0.25, 0.3) is 11.5 Å². The van der Waals surface area contributed by atoms with E-state index in [0.29, 0.717) is 38.9 Å². The van der Waals surface area contributed by atoms with Crippen molar-refractivity contribution in [1.29, 1.82) is 0 Å². The highest BCUT2D eigenvalue weighted by atomic mass is 32.1. The summed E-state index contributed by atoms with van der Waals surface area (Å²) in [4.78, 5) is 39.5. The summed E-state index contributed by atoms with van der Waals surface area (Å²) in [5, 5.41) is 0.746. The monoisotopic (exact) mass is 417 g/mol. The topological polar surface area (TPSA) is 73.7 Å². The molecule has 1 aromatic heterocycles. The molecule has 1 amide bonds. The summed E-state index contributed by atoms with van der Waals surface area (Å²) in [6, 6.07) is 10.5. The number of nitrogens with one attached hydrogen (secondary N) is 1. The smallest absolute Gasteiger partial charge is 0.259 e. The van der Waals surface area contributed by atoms with Crippen LogP contribution < -0.4 is 15.4 Å². The molecule has 0 bridgehead atoms. The van der Waals surface area contributed by atoms with Gasteiger partial charge < -0.3 is 9.88 Å². The molecule has 0 radical (unpaired) electrons. The van der Waals surface area contributed by atoms with Crippen molar-refractivity contribution >= 4 is 51.2 Å². The van der Waals surface area contributed by atoms with Gasteiger partial charge in [0.1, 0.15) is 11.4 Å². The van der Waals surface area contributed by atoms with Crippen LogP contribution in [0, 0.1) is 20.4 Å². The van der Waals surface area contributed by atoms with E-state index in [1.54, 1.807) is 56.0 Å². The molecular formula is C22H19N5O2S. The zero-order chi connectivity index (χ0) is 21.8. The van der Waals surface area contributed by atoms with E-state index in [-0.39, 0.29) is 11.5 Å². The summed E-state index contributed by atoms with van der Waals surface area (Å²) >= 11 is 5.70. The van der Waals surface area contributed by atoms with E-state index in [1.807, 2.05) is 13.0 Å². The van der Waals surface area contributed by atoms with E-state index in [1.165, 1.54) is 4.90 Å². The average molecular weight is 417 g/mol. The van der Waals surface area contributed by atoms with Crippen LogP contribution in [-0.2, 0) is 4.79 Å². The van der Waals surface area contributed by atoms with Gasteiger partial charge in [-0.15, -0.1) is 0 Å². The maximum Gasteiger partial charge on any atom is 0.259 e. The minimum atomic E-state index is -0.956. The van der Waals surface area contributed by atoms with Gasteiger partial charge in [0.05, 0.1) is 17.5 Å². The molecule has 0 saturated carbocycles. The Morgan fingerprint density at radius 3 is 2.47 bits per heavy atom. The standard InChI is InChI=1S/C22H19N5O2S/c1-12-10-14(6-8-17(12)23-5)26-20(29)22(3,4)27(21(26)30)15-7-9-18-16(11-15)19(28)25-13(2)24-18/h6-11H,1-4H3,(H,24,25,28). The fraction of sp³-hybridized carbons (Fsp3) is 0.227. The van der Waals surface area contributed by atoms with Crippen LogP contribution in [-0.4, -0.2) is 26.5 Å². The number of amides is 1. The summed E-state index contributed by atoms with van der Waals surface area (Å²) in [5.74, 6) is 0.357. The first kappa shape index (κ1) is 19.7. The second kappa shape index (κ2) is 6.75. The largest absolute Gasteiger partial charge is 0.310 e. The summed E-state index contributed by atoms with van der Waals surface area (Å²) in [7, 11) is 0. The summed E-state index contributed by atoms with van der Waals surface area (Å²) < 4.78 is 0. The molecule has 0 aliphatic carbocycles. The van der Waals surface area contributed by atoms with Gasteiger partial charge in [0.15, 0.2) is 10.8 Å². The van der Waals surface area contributed by atoms with Gasteiger partial charge in [-0.1, -0.05) is 6.07 Å². The first-order valence-corrected chi connectivity index (χ1v) is 9.73. The maximum atomic E-state index is 13.3. The second-order valence-electron chi connectivity index (χ2n) is 7.75. The quantitative estimate of drug-likeness (QED) is 0.504. The predicted octanol–water partition coefficient (Wildman–Crippen LogP) is 4.01. The van der Waals surface area contributed by atoms with Crippen molar-refractivity contribution in [1.82, 2.24) is 9.97 Å². The van der Waals surface area contributed by atoms with E-state index in [2.05, 4.69) is 14.8 Å². The predicted molar refractivity (Wildman–Crippen MR) is 121 cm³/mol. The summed E-state index contributed by atoms with van der Waals surface area (Å²) in [6.07, 6.45) is 0. The highest BCUT2D eigenvalue weighted by Crippen LogP contribution is 2.38. The van der Waals surface area contributed by atoms with Gasteiger partial charge in [0, 0.05) is 11.4 Å². The van der Waals surface area contributed by atoms with Crippen molar-refractivity contribution in [3.63, 3.8) is 0 Å². The van der Waals surface area contributed by atoms with Crippen molar-refractivity contribution in [2.24, 2.45) is 0 Å². The van der Waals surface area contributed by atoms with Gasteiger partial charge in [-0.2, -0.15) is 0 Å². The SMILES string of the molecule is [C-]#[N+]c1ccc(N2C(=O)C(C)(C)N(c3ccc4nc(C)[nH]c(=O)c4c3)C2=S)cc1C. The molecule has 4 rings (SSSR count). The van der Waals surface area contributed by atoms with Gasteiger partial charge in [0.2, 0.25) is 0 Å². The van der Waals surface area contributed by atoms with Crippen LogP contribution in [0.1, 0.15) is 25.2 Å². The Labute approximate surface area is 178 Å². The number of hydrogen-bond donors (Lipinski definition) is 1. The molecule has 2 aromatic carbocycles. The number of aromatic amines is 1. The zero-order valence-corrected chi connectivity index (χ0v) is 17.8. The lowest BCUT2D eigenvalue weighted by Crippen LogP contribution is -2.44. The molecule has 0 spiro atoms. The number of H-pyrrole nitrogens is 1. The first-order valence-electron chi connectivity index (χ1n) is 9.32. The minimum Gasteiger partial charge on any atom is -0.310 e. The number of aryl methyl sites for hydroxylation is 2. The fourth-order valence-electron chi connectivity index (χ4n) is 3.74. The number of thiocarbonyl (C=S) groups is 1. The molecule has 0 atom stereocenters. The Hall–Kier alpha value is -3.57. The van der Waals surface area contributed by atoms with Crippen LogP contribution in [0.3, 0.4) is 0 Å². The van der Waals surface area contributed by atoms with Crippen molar-refractivity contribution in [2.75, 3.05) is 9.80 Å². The van der Waals surface area contributed by atoms with Crippen molar-refractivity contribution in [2.45, 2.75) is 33.2 Å². The molecule has 150 valence electrons. The van der Waals surface area contributed by atoms with E-state index in [9.17, 15) is 9.59 Å². The molecule has 1 N–H and O–H groups in total. The number of benzene rings is 2. The van der Waals surface area contributed by atoms with Gasteiger partial charge in [-0.3, -0.25) is 14.5 Å². The molecule has 1 aliphatic heterocycles. The molecule has 1 aliphatic rings. The van der Waals surface area contributed by atoms with E-state index >= 15 is 0 Å². The molecule has 1 saturated heterocycles. The van der Waals surface area contributed by atoms with Crippen molar-refractivity contribution in [3.05, 3.63) is 69.6 Å². The highest BCUT2D eigenvalue weighted by Gasteiger charge is 2.50. The molecule has 7 nitrogen and oxygen atoms in total. The molecule has 2 heterocycles. The Bertz CT molecular complexity index is 1340. The third-order valence-electron chi connectivity index (χ3n) is 5.29. The number of hydrogen-bond acceptors (Lipinski definition) is 4.